The van der Waals surface area contributed by atoms with Gasteiger partial charge in [-0.05, 0) is 104 Å². The first-order valence-corrected chi connectivity index (χ1v) is 14.4. The average molecular weight is 557 g/mol. The summed E-state index contributed by atoms with van der Waals surface area (Å²) in [4.78, 5) is 12.8. The van der Waals surface area contributed by atoms with Gasteiger partial charge in [-0.25, -0.2) is 0 Å². The van der Waals surface area contributed by atoms with Crippen molar-refractivity contribution in [1.29, 1.82) is 0 Å². The van der Waals surface area contributed by atoms with Crippen molar-refractivity contribution in [3.8, 4) is 22.4 Å². The van der Waals surface area contributed by atoms with E-state index in [-0.39, 0.29) is 0 Å². The number of nitrogens with two attached hydrogens (primary N) is 1. The summed E-state index contributed by atoms with van der Waals surface area (Å²) in [6.07, 6.45) is 6.92. The normalized spacial score (nSPS) is 26.1. The van der Waals surface area contributed by atoms with E-state index in [1.54, 1.807) is 6.07 Å². The van der Waals surface area contributed by atoms with Gasteiger partial charge in [0.15, 0.2) is 0 Å². The van der Waals surface area contributed by atoms with Crippen LogP contribution in [0.5, 0.6) is 0 Å². The molecular weight excluding hydrogens is 525 g/mol. The fraction of sp³-hybridized carbons (Fsp3) is 0.433. The zero-order chi connectivity index (χ0) is 25.8. The van der Waals surface area contributed by atoms with Crippen molar-refractivity contribution < 1.29 is 4.79 Å². The number of hydrogen-bond donors (Lipinski definition) is 2. The largest absolute Gasteiger partial charge is 0.364 e. The van der Waals surface area contributed by atoms with Gasteiger partial charge in [0, 0.05) is 40.3 Å². The van der Waals surface area contributed by atoms with Gasteiger partial charge in [0.05, 0.1) is 10.7 Å². The standard InChI is InChI=1S/C30H32Cl3N3O/c1-16-26(19-2-4-22(31)5-3-19)29(24-7-6-23(32)15-25(24)33)36(28(16)30(34)37)9-8-35-27-20-11-17-10-18(13-20)14-21(27)12-17/h2-7,15,17-18,20-21,27,35H,8-14H2,1H3,(H2,34,37). The maximum atomic E-state index is 12.8. The Hall–Kier alpha value is -1.98. The van der Waals surface area contributed by atoms with Crippen LogP contribution in [-0.2, 0) is 6.54 Å². The fourth-order valence-electron chi connectivity index (χ4n) is 7.82. The molecule has 1 aromatic heterocycles. The Labute approximate surface area is 233 Å². The molecule has 0 atom stereocenters. The monoisotopic (exact) mass is 555 g/mol. The van der Waals surface area contributed by atoms with Gasteiger partial charge >= 0.3 is 0 Å². The minimum Gasteiger partial charge on any atom is -0.364 e. The molecule has 4 aliphatic carbocycles. The number of aromatic nitrogens is 1. The van der Waals surface area contributed by atoms with Crippen molar-refractivity contribution >= 4 is 40.7 Å². The highest BCUT2D eigenvalue weighted by Gasteiger charge is 2.47. The summed E-state index contributed by atoms with van der Waals surface area (Å²) in [7, 11) is 0. The van der Waals surface area contributed by atoms with E-state index < -0.39 is 5.91 Å². The van der Waals surface area contributed by atoms with Crippen molar-refractivity contribution in [1.82, 2.24) is 9.88 Å². The Bertz CT molecular complexity index is 1320. The van der Waals surface area contributed by atoms with Crippen LogP contribution in [0.1, 0.15) is 48.2 Å². The molecule has 3 N–H and O–H groups in total. The molecule has 4 saturated carbocycles. The molecule has 0 spiro atoms. The van der Waals surface area contributed by atoms with Crippen LogP contribution in [0.3, 0.4) is 0 Å². The summed E-state index contributed by atoms with van der Waals surface area (Å²) in [6, 6.07) is 13.7. The van der Waals surface area contributed by atoms with Crippen molar-refractivity contribution in [3.63, 3.8) is 0 Å². The van der Waals surface area contributed by atoms with Crippen LogP contribution in [0.25, 0.3) is 22.4 Å². The SMILES string of the molecule is Cc1c(-c2ccc(Cl)cc2)c(-c2ccc(Cl)cc2Cl)n(CCNC2C3CC4CC(C3)CC2C4)c1C(N)=O. The highest BCUT2D eigenvalue weighted by molar-refractivity contribution is 6.36. The molecule has 4 nitrogen and oxygen atoms in total. The molecule has 4 fully saturated rings. The molecule has 0 radical (unpaired) electrons. The second-order valence-electron chi connectivity index (χ2n) is 11.3. The molecule has 37 heavy (non-hydrogen) atoms. The zero-order valence-electron chi connectivity index (χ0n) is 20.9. The second kappa shape index (κ2) is 9.96. The van der Waals surface area contributed by atoms with Crippen LogP contribution in [-0.4, -0.2) is 23.1 Å². The number of nitrogens with zero attached hydrogens (tertiary/aromatic N) is 1. The van der Waals surface area contributed by atoms with E-state index >= 15 is 0 Å². The maximum Gasteiger partial charge on any atom is 0.265 e. The van der Waals surface area contributed by atoms with Crippen molar-refractivity contribution in [3.05, 3.63) is 68.8 Å². The Morgan fingerprint density at radius 1 is 0.946 bits per heavy atom. The summed E-state index contributed by atoms with van der Waals surface area (Å²) in [5, 5.41) is 5.67. The lowest BCUT2D eigenvalue weighted by Crippen LogP contribution is -2.54. The van der Waals surface area contributed by atoms with Crippen molar-refractivity contribution in [2.45, 2.75) is 51.6 Å². The molecule has 0 saturated heterocycles. The third-order valence-corrected chi connectivity index (χ3v) is 9.80. The number of carbonyl (C=O) groups is 1. The number of rotatable bonds is 7. The topological polar surface area (TPSA) is 60.1 Å². The third kappa shape index (κ3) is 4.61. The maximum absolute atomic E-state index is 12.8. The van der Waals surface area contributed by atoms with Crippen LogP contribution in [0.4, 0.5) is 0 Å². The van der Waals surface area contributed by atoms with Crippen molar-refractivity contribution in [2.75, 3.05) is 6.54 Å². The third-order valence-electron chi connectivity index (χ3n) is 9.00. The Morgan fingerprint density at radius 3 is 2.16 bits per heavy atom. The Morgan fingerprint density at radius 2 is 1.57 bits per heavy atom. The lowest BCUT2D eigenvalue weighted by atomic mass is 9.54. The Balaban J connectivity index is 1.39. The van der Waals surface area contributed by atoms with E-state index in [0.29, 0.717) is 33.3 Å². The first kappa shape index (κ1) is 25.3. The molecule has 7 rings (SSSR count). The molecule has 4 bridgehead atoms. The van der Waals surface area contributed by atoms with E-state index in [4.69, 9.17) is 40.5 Å². The molecule has 1 heterocycles. The molecule has 194 valence electrons. The number of nitrogens with one attached hydrogen (secondary N) is 1. The molecule has 4 aliphatic rings. The fourth-order valence-corrected chi connectivity index (χ4v) is 8.44. The number of carbonyl (C=O) groups excluding carboxylic acids is 1. The molecule has 0 unspecified atom stereocenters. The lowest BCUT2D eigenvalue weighted by molar-refractivity contribution is -0.0137. The van der Waals surface area contributed by atoms with Crippen molar-refractivity contribution in [2.24, 2.45) is 29.4 Å². The minimum absolute atomic E-state index is 0.446. The second-order valence-corrected chi connectivity index (χ2v) is 12.5. The van der Waals surface area contributed by atoms with Gasteiger partial charge < -0.3 is 15.6 Å². The van der Waals surface area contributed by atoms with Gasteiger partial charge in [-0.1, -0.05) is 46.9 Å². The average Bonchev–Trinajstić information content (AvgIpc) is 3.12. The van der Waals surface area contributed by atoms with E-state index in [1.165, 1.54) is 32.1 Å². The first-order chi connectivity index (χ1) is 17.8. The molecule has 1 amide bonds. The van der Waals surface area contributed by atoms with E-state index in [0.717, 1.165) is 58.2 Å². The number of amides is 1. The minimum atomic E-state index is -0.446. The van der Waals surface area contributed by atoms with Gasteiger partial charge in [-0.15, -0.1) is 0 Å². The smallest absolute Gasteiger partial charge is 0.265 e. The van der Waals surface area contributed by atoms with Gasteiger partial charge in [0.2, 0.25) is 0 Å². The van der Waals surface area contributed by atoms with Crippen LogP contribution in [0.2, 0.25) is 15.1 Å². The molecule has 2 aromatic carbocycles. The number of primary amides is 1. The summed E-state index contributed by atoms with van der Waals surface area (Å²) >= 11 is 19.2. The number of halogens is 3. The van der Waals surface area contributed by atoms with Gasteiger partial charge in [0.25, 0.3) is 5.91 Å². The molecule has 3 aromatic rings. The molecule has 0 aliphatic heterocycles. The van der Waals surface area contributed by atoms with Gasteiger partial charge in [0.1, 0.15) is 5.69 Å². The predicted molar refractivity (Wildman–Crippen MR) is 152 cm³/mol. The summed E-state index contributed by atoms with van der Waals surface area (Å²) < 4.78 is 2.06. The van der Waals surface area contributed by atoms with Gasteiger partial charge in [-0.2, -0.15) is 0 Å². The summed E-state index contributed by atoms with van der Waals surface area (Å²) in [5.41, 5.74) is 10.9. The first-order valence-electron chi connectivity index (χ1n) is 13.3. The molecule has 7 heteroatoms. The van der Waals surface area contributed by atoms with E-state index in [2.05, 4.69) is 9.88 Å². The lowest BCUT2D eigenvalue weighted by Gasteiger charge is -2.54. The quantitative estimate of drug-likeness (QED) is 0.315. The predicted octanol–water partition coefficient (Wildman–Crippen LogP) is 7.60. The van der Waals surface area contributed by atoms with Crippen LogP contribution >= 0.6 is 34.8 Å². The highest BCUT2D eigenvalue weighted by Crippen LogP contribution is 2.53. The van der Waals surface area contributed by atoms with Crippen LogP contribution in [0, 0.1) is 30.6 Å². The highest BCUT2D eigenvalue weighted by atomic mass is 35.5. The zero-order valence-corrected chi connectivity index (χ0v) is 23.2. The summed E-state index contributed by atoms with van der Waals surface area (Å²) in [5.74, 6) is 3.00. The molecular formula is C30H32Cl3N3O. The number of benzene rings is 2. The van der Waals surface area contributed by atoms with E-state index in [1.807, 2.05) is 43.3 Å². The van der Waals surface area contributed by atoms with Crippen LogP contribution < -0.4 is 11.1 Å². The van der Waals surface area contributed by atoms with Gasteiger partial charge in [-0.3, -0.25) is 4.79 Å². The number of hydrogen-bond acceptors (Lipinski definition) is 2. The summed E-state index contributed by atoms with van der Waals surface area (Å²) in [6.45, 7) is 3.34. The van der Waals surface area contributed by atoms with Crippen LogP contribution in [0.15, 0.2) is 42.5 Å². The Kier molecular flexibility index (Phi) is 6.81. The van der Waals surface area contributed by atoms with E-state index in [9.17, 15) is 4.79 Å².